The zero-order chi connectivity index (χ0) is 12.8. The number of fused-ring (bicyclic) bond motifs is 1. The molecule has 0 aliphatic carbocycles. The number of amides is 1. The van der Waals surface area contributed by atoms with Crippen LogP contribution >= 0.6 is 0 Å². The summed E-state index contributed by atoms with van der Waals surface area (Å²) in [5, 5.41) is 0. The lowest BCUT2D eigenvalue weighted by molar-refractivity contribution is 0.0838. The lowest BCUT2D eigenvalue weighted by Gasteiger charge is -2.21. The quantitative estimate of drug-likeness (QED) is 0.804. The van der Waals surface area contributed by atoms with Crippen LogP contribution in [0.5, 0.6) is 0 Å². The van der Waals surface area contributed by atoms with Gasteiger partial charge in [0.15, 0.2) is 0 Å². The summed E-state index contributed by atoms with van der Waals surface area (Å²) in [6.45, 7) is 3.55. The predicted octanol–water partition coefficient (Wildman–Crippen LogP) is 1.21. The maximum atomic E-state index is 12.2. The van der Waals surface area contributed by atoms with Gasteiger partial charge in [0, 0.05) is 11.7 Å². The standard InChI is InChI=1S/C11H14N2O3S/c1-3-7(2)13-11(14)9-5-4-8(12)6-10(9)17(13,15)16/h4-7H,3,12H2,1-2H3. The van der Waals surface area contributed by atoms with Gasteiger partial charge in [-0.3, -0.25) is 4.79 Å². The number of hydrogen-bond acceptors (Lipinski definition) is 4. The van der Waals surface area contributed by atoms with Crippen molar-refractivity contribution in [2.45, 2.75) is 31.2 Å². The third-order valence-electron chi connectivity index (χ3n) is 2.96. The van der Waals surface area contributed by atoms with Crippen LogP contribution in [0.2, 0.25) is 0 Å². The van der Waals surface area contributed by atoms with Gasteiger partial charge in [-0.1, -0.05) is 6.92 Å². The molecule has 2 rings (SSSR count). The largest absolute Gasteiger partial charge is 0.399 e. The fourth-order valence-corrected chi connectivity index (χ4v) is 3.74. The normalized spacial score (nSPS) is 19.2. The average molecular weight is 254 g/mol. The van der Waals surface area contributed by atoms with Crippen molar-refractivity contribution in [2.75, 3.05) is 5.73 Å². The van der Waals surface area contributed by atoms with Crippen LogP contribution in [0.3, 0.4) is 0 Å². The molecular formula is C11H14N2O3S. The number of nitrogens with two attached hydrogens (primary N) is 1. The van der Waals surface area contributed by atoms with Crippen molar-refractivity contribution in [2.24, 2.45) is 0 Å². The topological polar surface area (TPSA) is 80.5 Å². The Morgan fingerprint density at radius 3 is 2.65 bits per heavy atom. The van der Waals surface area contributed by atoms with Gasteiger partial charge in [0.05, 0.1) is 5.56 Å². The zero-order valence-corrected chi connectivity index (χ0v) is 10.5. The second-order valence-corrected chi connectivity index (χ2v) is 5.90. The van der Waals surface area contributed by atoms with Gasteiger partial charge in [-0.05, 0) is 31.5 Å². The van der Waals surface area contributed by atoms with E-state index in [1.165, 1.54) is 18.2 Å². The Balaban J connectivity index is 2.65. The molecule has 0 aromatic heterocycles. The van der Waals surface area contributed by atoms with Gasteiger partial charge in [0.25, 0.3) is 15.9 Å². The maximum Gasteiger partial charge on any atom is 0.269 e. The first-order valence-corrected chi connectivity index (χ1v) is 6.82. The molecule has 1 aliphatic rings. The summed E-state index contributed by atoms with van der Waals surface area (Å²) in [5.41, 5.74) is 6.10. The summed E-state index contributed by atoms with van der Waals surface area (Å²) in [6.07, 6.45) is 0.578. The van der Waals surface area contributed by atoms with Crippen LogP contribution in [0, 0.1) is 0 Å². The minimum atomic E-state index is -3.73. The van der Waals surface area contributed by atoms with Gasteiger partial charge in [0.1, 0.15) is 4.90 Å². The Morgan fingerprint density at radius 2 is 2.06 bits per heavy atom. The smallest absolute Gasteiger partial charge is 0.269 e. The molecule has 1 atom stereocenters. The molecule has 1 aliphatic heterocycles. The average Bonchev–Trinajstić information content (AvgIpc) is 2.46. The number of anilines is 1. The van der Waals surface area contributed by atoms with Crippen molar-refractivity contribution < 1.29 is 13.2 Å². The van der Waals surface area contributed by atoms with Crippen LogP contribution in [0.1, 0.15) is 30.6 Å². The van der Waals surface area contributed by atoms with Gasteiger partial charge < -0.3 is 5.73 Å². The molecule has 1 aromatic rings. The van der Waals surface area contributed by atoms with Gasteiger partial charge in [-0.25, -0.2) is 12.7 Å². The maximum absolute atomic E-state index is 12.2. The SMILES string of the molecule is CCC(C)N1C(=O)c2ccc(N)cc2S1(=O)=O. The molecule has 1 unspecified atom stereocenters. The highest BCUT2D eigenvalue weighted by atomic mass is 32.2. The molecule has 2 N–H and O–H groups in total. The van der Waals surface area contributed by atoms with Crippen LogP contribution in [-0.2, 0) is 10.0 Å². The Bertz CT molecular complexity index is 580. The Labute approximate surface area is 100 Å². The first kappa shape index (κ1) is 11.9. The van der Waals surface area contributed by atoms with E-state index in [1.54, 1.807) is 6.92 Å². The van der Waals surface area contributed by atoms with Gasteiger partial charge in [-0.15, -0.1) is 0 Å². The van der Waals surface area contributed by atoms with E-state index in [0.29, 0.717) is 12.1 Å². The Hall–Kier alpha value is -1.56. The minimum absolute atomic E-state index is 0.0165. The molecule has 0 spiro atoms. The number of nitrogen functional groups attached to an aromatic ring is 1. The lowest BCUT2D eigenvalue weighted by Crippen LogP contribution is -2.37. The van der Waals surface area contributed by atoms with Crippen molar-refractivity contribution in [3.8, 4) is 0 Å². The highest BCUT2D eigenvalue weighted by Crippen LogP contribution is 2.33. The lowest BCUT2D eigenvalue weighted by atomic mass is 10.1. The molecule has 0 fully saturated rings. The minimum Gasteiger partial charge on any atom is -0.399 e. The summed E-state index contributed by atoms with van der Waals surface area (Å²) in [7, 11) is -3.73. The van der Waals surface area contributed by atoms with Crippen LogP contribution in [0.15, 0.2) is 23.1 Å². The highest BCUT2D eigenvalue weighted by Gasteiger charge is 2.43. The Morgan fingerprint density at radius 1 is 1.41 bits per heavy atom. The fourth-order valence-electron chi connectivity index (χ4n) is 1.87. The number of carbonyl (C=O) groups excluding carboxylic acids is 1. The van der Waals surface area contributed by atoms with Crippen molar-refractivity contribution >= 4 is 21.6 Å². The van der Waals surface area contributed by atoms with Crippen molar-refractivity contribution in [1.82, 2.24) is 4.31 Å². The van der Waals surface area contributed by atoms with Crippen LogP contribution < -0.4 is 5.73 Å². The molecule has 0 saturated heterocycles. The highest BCUT2D eigenvalue weighted by molar-refractivity contribution is 7.90. The number of nitrogens with zero attached hydrogens (tertiary/aromatic N) is 1. The summed E-state index contributed by atoms with van der Waals surface area (Å²) >= 11 is 0. The molecule has 1 aromatic carbocycles. The number of rotatable bonds is 2. The summed E-state index contributed by atoms with van der Waals surface area (Å²) in [5.74, 6) is -0.464. The summed E-state index contributed by atoms with van der Waals surface area (Å²) < 4.78 is 25.3. The van der Waals surface area contributed by atoms with Crippen molar-refractivity contribution in [1.29, 1.82) is 0 Å². The second-order valence-electron chi connectivity index (χ2n) is 4.12. The van der Waals surface area contributed by atoms with Crippen molar-refractivity contribution in [3.05, 3.63) is 23.8 Å². The molecular weight excluding hydrogens is 240 g/mol. The predicted molar refractivity (Wildman–Crippen MR) is 64.0 cm³/mol. The number of hydrogen-bond donors (Lipinski definition) is 1. The molecule has 0 radical (unpaired) electrons. The van der Waals surface area contributed by atoms with E-state index in [0.717, 1.165) is 4.31 Å². The van der Waals surface area contributed by atoms with Gasteiger partial charge >= 0.3 is 0 Å². The molecule has 1 heterocycles. The molecule has 17 heavy (non-hydrogen) atoms. The second kappa shape index (κ2) is 3.73. The Kier molecular flexibility index (Phi) is 2.61. The van der Waals surface area contributed by atoms with E-state index in [4.69, 9.17) is 5.73 Å². The van der Waals surface area contributed by atoms with E-state index in [1.807, 2.05) is 6.92 Å². The van der Waals surface area contributed by atoms with Crippen LogP contribution in [-0.4, -0.2) is 24.7 Å². The molecule has 0 bridgehead atoms. The summed E-state index contributed by atoms with van der Waals surface area (Å²) in [4.78, 5) is 12.0. The number of carbonyl (C=O) groups is 1. The number of benzene rings is 1. The number of sulfonamides is 1. The molecule has 92 valence electrons. The van der Waals surface area contributed by atoms with Gasteiger partial charge in [0.2, 0.25) is 0 Å². The fraction of sp³-hybridized carbons (Fsp3) is 0.364. The van der Waals surface area contributed by atoms with E-state index in [-0.39, 0.29) is 16.5 Å². The van der Waals surface area contributed by atoms with Crippen LogP contribution in [0.4, 0.5) is 5.69 Å². The first-order valence-electron chi connectivity index (χ1n) is 5.38. The van der Waals surface area contributed by atoms with Crippen molar-refractivity contribution in [3.63, 3.8) is 0 Å². The monoisotopic (exact) mass is 254 g/mol. The van der Waals surface area contributed by atoms with E-state index < -0.39 is 15.9 Å². The molecule has 0 saturated carbocycles. The molecule has 6 heteroatoms. The van der Waals surface area contributed by atoms with Crippen LogP contribution in [0.25, 0.3) is 0 Å². The molecule has 5 nitrogen and oxygen atoms in total. The molecule has 1 amide bonds. The van der Waals surface area contributed by atoms with E-state index in [9.17, 15) is 13.2 Å². The summed E-state index contributed by atoms with van der Waals surface area (Å²) in [6, 6.07) is 3.99. The van der Waals surface area contributed by atoms with E-state index in [2.05, 4.69) is 0 Å². The third-order valence-corrected chi connectivity index (χ3v) is 4.90. The van der Waals surface area contributed by atoms with Gasteiger partial charge in [-0.2, -0.15) is 0 Å². The zero-order valence-electron chi connectivity index (χ0n) is 9.67. The first-order chi connectivity index (χ1) is 7.89. The van der Waals surface area contributed by atoms with E-state index >= 15 is 0 Å². The third kappa shape index (κ3) is 1.59.